The molecule has 25 heavy (non-hydrogen) atoms. The van der Waals surface area contributed by atoms with Gasteiger partial charge in [0.05, 0.1) is 19.8 Å². The fourth-order valence-electron chi connectivity index (χ4n) is 2.56. The first-order chi connectivity index (χ1) is 12.2. The molecule has 2 aromatic rings. The summed E-state index contributed by atoms with van der Waals surface area (Å²) < 4.78 is 13.4. The summed E-state index contributed by atoms with van der Waals surface area (Å²) in [6.45, 7) is 5.70. The van der Waals surface area contributed by atoms with Crippen molar-refractivity contribution in [1.82, 2.24) is 9.78 Å². The standard InChI is InChI=1S/C17H23N3O3S2/c1-2-13-3-5-15(6-4-13)23-12-14(21)11-20-17(24)25-16(18-20)19-7-9-22-10-8-19/h3-6,14,21H,2,7-12H2,1H3/t14-/m1/s1. The highest BCUT2D eigenvalue weighted by Gasteiger charge is 2.17. The van der Waals surface area contributed by atoms with Crippen LogP contribution < -0.4 is 9.64 Å². The molecule has 1 atom stereocenters. The number of rotatable bonds is 7. The van der Waals surface area contributed by atoms with Crippen LogP contribution in [0.25, 0.3) is 0 Å². The van der Waals surface area contributed by atoms with Crippen LogP contribution in [0.4, 0.5) is 5.13 Å². The molecule has 0 bridgehead atoms. The van der Waals surface area contributed by atoms with Crippen molar-refractivity contribution in [2.75, 3.05) is 37.8 Å². The number of aliphatic hydroxyl groups excluding tert-OH is 1. The van der Waals surface area contributed by atoms with Crippen LogP contribution in [0, 0.1) is 3.95 Å². The zero-order valence-electron chi connectivity index (χ0n) is 14.3. The number of anilines is 1. The van der Waals surface area contributed by atoms with Crippen LogP contribution in [0.5, 0.6) is 5.75 Å². The molecule has 136 valence electrons. The van der Waals surface area contributed by atoms with Crippen LogP contribution in [0.2, 0.25) is 0 Å². The van der Waals surface area contributed by atoms with E-state index in [0.717, 1.165) is 30.4 Å². The number of aliphatic hydroxyl groups is 1. The van der Waals surface area contributed by atoms with E-state index in [9.17, 15) is 5.11 Å². The summed E-state index contributed by atoms with van der Waals surface area (Å²) in [5, 5.41) is 15.7. The lowest BCUT2D eigenvalue weighted by Gasteiger charge is -2.25. The second kappa shape index (κ2) is 8.75. The Bertz CT molecular complexity index is 723. The molecule has 1 aliphatic rings. The first kappa shape index (κ1) is 18.3. The van der Waals surface area contributed by atoms with Gasteiger partial charge in [-0.1, -0.05) is 30.4 Å². The minimum atomic E-state index is -0.669. The highest BCUT2D eigenvalue weighted by molar-refractivity contribution is 7.73. The van der Waals surface area contributed by atoms with E-state index < -0.39 is 6.10 Å². The van der Waals surface area contributed by atoms with Crippen molar-refractivity contribution in [3.05, 3.63) is 33.8 Å². The normalized spacial score (nSPS) is 16.0. The first-order valence-corrected chi connectivity index (χ1v) is 9.68. The van der Waals surface area contributed by atoms with Crippen LogP contribution in [0.15, 0.2) is 24.3 Å². The Hall–Kier alpha value is -1.48. The quantitative estimate of drug-likeness (QED) is 0.744. The molecular weight excluding hydrogens is 358 g/mol. The van der Waals surface area contributed by atoms with Crippen molar-refractivity contribution in [3.8, 4) is 5.75 Å². The maximum absolute atomic E-state index is 10.2. The van der Waals surface area contributed by atoms with E-state index in [1.807, 2.05) is 24.3 Å². The Kier molecular flexibility index (Phi) is 6.41. The van der Waals surface area contributed by atoms with Gasteiger partial charge < -0.3 is 19.5 Å². The van der Waals surface area contributed by atoms with Crippen LogP contribution in [-0.4, -0.2) is 53.9 Å². The third-order valence-electron chi connectivity index (χ3n) is 4.03. The summed E-state index contributed by atoms with van der Waals surface area (Å²) in [5.41, 5.74) is 1.26. The van der Waals surface area contributed by atoms with Gasteiger partial charge in [-0.05, 0) is 36.3 Å². The minimum absolute atomic E-state index is 0.206. The van der Waals surface area contributed by atoms with Crippen molar-refractivity contribution in [1.29, 1.82) is 0 Å². The van der Waals surface area contributed by atoms with Gasteiger partial charge in [0.2, 0.25) is 5.13 Å². The van der Waals surface area contributed by atoms with E-state index in [1.165, 1.54) is 16.9 Å². The number of ether oxygens (including phenoxy) is 2. The number of hydrogen-bond donors (Lipinski definition) is 1. The number of nitrogens with zero attached hydrogens (tertiary/aromatic N) is 3. The van der Waals surface area contributed by atoms with Crippen molar-refractivity contribution in [2.45, 2.75) is 26.0 Å². The Morgan fingerprint density at radius 3 is 2.72 bits per heavy atom. The zero-order valence-corrected chi connectivity index (χ0v) is 15.9. The van der Waals surface area contributed by atoms with E-state index >= 15 is 0 Å². The largest absolute Gasteiger partial charge is 0.491 e. The molecular formula is C17H23N3O3S2. The van der Waals surface area contributed by atoms with Gasteiger partial charge in [0.25, 0.3) is 0 Å². The average molecular weight is 382 g/mol. The van der Waals surface area contributed by atoms with Gasteiger partial charge in [-0.2, -0.15) is 0 Å². The van der Waals surface area contributed by atoms with Crippen LogP contribution in [0.3, 0.4) is 0 Å². The number of aromatic nitrogens is 2. The summed E-state index contributed by atoms with van der Waals surface area (Å²) in [6.07, 6.45) is 0.327. The molecule has 2 heterocycles. The van der Waals surface area contributed by atoms with Gasteiger partial charge in [-0.3, -0.25) is 0 Å². The summed E-state index contributed by atoms with van der Waals surface area (Å²) in [4.78, 5) is 2.17. The van der Waals surface area contributed by atoms with E-state index in [4.69, 9.17) is 21.7 Å². The number of benzene rings is 1. The molecule has 0 radical (unpaired) electrons. The summed E-state index contributed by atoms with van der Waals surface area (Å²) in [6, 6.07) is 7.92. The van der Waals surface area contributed by atoms with Crippen molar-refractivity contribution in [2.24, 2.45) is 0 Å². The molecule has 1 aromatic heterocycles. The molecule has 3 rings (SSSR count). The van der Waals surface area contributed by atoms with Crippen LogP contribution in [0.1, 0.15) is 12.5 Å². The third kappa shape index (κ3) is 5.01. The first-order valence-electron chi connectivity index (χ1n) is 8.46. The second-order valence-corrected chi connectivity index (χ2v) is 7.50. The minimum Gasteiger partial charge on any atom is -0.491 e. The van der Waals surface area contributed by atoms with Crippen LogP contribution >= 0.6 is 23.6 Å². The van der Waals surface area contributed by atoms with E-state index in [0.29, 0.717) is 23.7 Å². The molecule has 8 heteroatoms. The Morgan fingerprint density at radius 2 is 2.04 bits per heavy atom. The Labute approximate surface area is 156 Å². The molecule has 1 N–H and O–H groups in total. The molecule has 0 spiro atoms. The maximum atomic E-state index is 10.2. The summed E-state index contributed by atoms with van der Waals surface area (Å²) in [5.74, 6) is 0.757. The van der Waals surface area contributed by atoms with Gasteiger partial charge in [0, 0.05) is 13.1 Å². The molecule has 1 saturated heterocycles. The lowest BCUT2D eigenvalue weighted by molar-refractivity contribution is 0.0889. The SMILES string of the molecule is CCc1ccc(OC[C@H](O)Cn2nc(N3CCOCC3)sc2=S)cc1. The van der Waals surface area contributed by atoms with E-state index in [-0.39, 0.29) is 6.61 Å². The average Bonchev–Trinajstić information content (AvgIpc) is 3.01. The third-order valence-corrected chi connectivity index (χ3v) is 5.40. The smallest absolute Gasteiger partial charge is 0.207 e. The lowest BCUT2D eigenvalue weighted by atomic mass is 10.2. The maximum Gasteiger partial charge on any atom is 0.207 e. The van der Waals surface area contributed by atoms with Crippen molar-refractivity contribution < 1.29 is 14.6 Å². The van der Waals surface area contributed by atoms with Gasteiger partial charge in [0.15, 0.2) is 3.95 Å². The second-order valence-electron chi connectivity index (χ2n) is 5.89. The predicted molar refractivity (Wildman–Crippen MR) is 101 cm³/mol. The topological polar surface area (TPSA) is 59.8 Å². The fraction of sp³-hybridized carbons (Fsp3) is 0.529. The monoisotopic (exact) mass is 381 g/mol. The summed E-state index contributed by atoms with van der Waals surface area (Å²) in [7, 11) is 0. The van der Waals surface area contributed by atoms with Gasteiger partial charge in [0.1, 0.15) is 18.5 Å². The lowest BCUT2D eigenvalue weighted by Crippen LogP contribution is -2.36. The summed E-state index contributed by atoms with van der Waals surface area (Å²) >= 11 is 6.84. The molecule has 1 fully saturated rings. The Morgan fingerprint density at radius 1 is 1.32 bits per heavy atom. The molecule has 0 saturated carbocycles. The van der Waals surface area contributed by atoms with Gasteiger partial charge in [-0.15, -0.1) is 5.10 Å². The highest BCUT2D eigenvalue weighted by Crippen LogP contribution is 2.21. The van der Waals surface area contributed by atoms with Crippen molar-refractivity contribution >= 4 is 28.7 Å². The van der Waals surface area contributed by atoms with Gasteiger partial charge >= 0.3 is 0 Å². The van der Waals surface area contributed by atoms with E-state index in [2.05, 4.69) is 16.9 Å². The molecule has 6 nitrogen and oxygen atoms in total. The Balaban J connectivity index is 1.54. The van der Waals surface area contributed by atoms with E-state index in [1.54, 1.807) is 4.68 Å². The zero-order chi connectivity index (χ0) is 17.6. The number of hydrogen-bond acceptors (Lipinski definition) is 7. The molecule has 1 aliphatic heterocycles. The number of morpholine rings is 1. The predicted octanol–water partition coefficient (Wildman–Crippen LogP) is 2.51. The van der Waals surface area contributed by atoms with Crippen LogP contribution in [-0.2, 0) is 17.7 Å². The molecule has 0 amide bonds. The molecule has 1 aromatic carbocycles. The fourth-order valence-corrected chi connectivity index (χ4v) is 3.73. The molecule has 0 unspecified atom stereocenters. The van der Waals surface area contributed by atoms with Crippen molar-refractivity contribution in [3.63, 3.8) is 0 Å². The molecule has 0 aliphatic carbocycles. The number of aryl methyl sites for hydroxylation is 1. The highest BCUT2D eigenvalue weighted by atomic mass is 32.1. The van der Waals surface area contributed by atoms with Gasteiger partial charge in [-0.25, -0.2) is 4.68 Å².